The molecule has 0 heterocycles. The van der Waals surface area contributed by atoms with Crippen LogP contribution in [0.2, 0.25) is 0 Å². The number of hydrogen-bond donors (Lipinski definition) is 2. The first-order valence-electron chi connectivity index (χ1n) is 6.64. The number of halogens is 1. The molecule has 1 aliphatic rings. The molecule has 2 rings (SSSR count). The largest absolute Gasteiger partial charge is 0.493 e. The molecule has 108 valence electrons. The molecule has 1 amide bonds. The molecule has 0 spiro atoms. The van der Waals surface area contributed by atoms with Gasteiger partial charge in [0.1, 0.15) is 11.6 Å². The SMILES string of the molecule is O=C(CCOc1ccc(F)cc1)N[C@@H]1C=C[C@H](CO)C1. The quantitative estimate of drug-likeness (QED) is 0.778. The van der Waals surface area contributed by atoms with E-state index in [0.29, 0.717) is 5.75 Å². The number of hydrogen-bond acceptors (Lipinski definition) is 3. The summed E-state index contributed by atoms with van der Waals surface area (Å²) in [6, 6.07) is 5.67. The second-order valence-electron chi connectivity index (χ2n) is 4.79. The Morgan fingerprint density at radius 1 is 1.35 bits per heavy atom. The standard InChI is InChI=1S/C15H18FNO3/c16-12-2-5-14(6-3-12)20-8-7-15(19)17-13-4-1-11(9-13)10-18/h1-6,11,13,18H,7-10H2,(H,17,19)/t11-,13+/m0/s1. The van der Waals surface area contributed by atoms with E-state index in [4.69, 9.17) is 9.84 Å². The van der Waals surface area contributed by atoms with Crippen molar-refractivity contribution < 1.29 is 19.0 Å². The van der Waals surface area contributed by atoms with Crippen LogP contribution >= 0.6 is 0 Å². The molecule has 4 nitrogen and oxygen atoms in total. The van der Waals surface area contributed by atoms with Gasteiger partial charge in [-0.25, -0.2) is 4.39 Å². The molecule has 0 bridgehead atoms. The summed E-state index contributed by atoms with van der Waals surface area (Å²) < 4.78 is 18.0. The molecule has 0 aromatic heterocycles. The summed E-state index contributed by atoms with van der Waals surface area (Å²) in [7, 11) is 0. The normalized spacial score (nSPS) is 20.9. The Morgan fingerprint density at radius 2 is 2.10 bits per heavy atom. The van der Waals surface area contributed by atoms with Crippen LogP contribution in [0.4, 0.5) is 4.39 Å². The summed E-state index contributed by atoms with van der Waals surface area (Å²) in [4.78, 5) is 11.7. The highest BCUT2D eigenvalue weighted by Crippen LogP contribution is 2.17. The minimum absolute atomic E-state index is 0.00882. The van der Waals surface area contributed by atoms with Crippen molar-refractivity contribution in [2.45, 2.75) is 18.9 Å². The highest BCUT2D eigenvalue weighted by atomic mass is 19.1. The number of aliphatic hydroxyl groups is 1. The zero-order chi connectivity index (χ0) is 14.4. The number of benzene rings is 1. The molecule has 0 unspecified atom stereocenters. The van der Waals surface area contributed by atoms with E-state index in [-0.39, 0.29) is 43.3 Å². The third-order valence-electron chi connectivity index (χ3n) is 3.16. The first-order chi connectivity index (χ1) is 9.67. The monoisotopic (exact) mass is 279 g/mol. The van der Waals surface area contributed by atoms with Crippen LogP contribution in [0.1, 0.15) is 12.8 Å². The van der Waals surface area contributed by atoms with E-state index in [2.05, 4.69) is 5.32 Å². The second kappa shape index (κ2) is 7.05. The predicted molar refractivity (Wildman–Crippen MR) is 72.8 cm³/mol. The molecule has 5 heteroatoms. The molecular formula is C15H18FNO3. The third kappa shape index (κ3) is 4.35. The third-order valence-corrected chi connectivity index (χ3v) is 3.16. The first kappa shape index (κ1) is 14.5. The summed E-state index contributed by atoms with van der Waals surface area (Å²) in [5.41, 5.74) is 0. The maximum absolute atomic E-state index is 12.7. The van der Waals surface area contributed by atoms with Crippen molar-refractivity contribution >= 4 is 5.91 Å². The molecule has 2 N–H and O–H groups in total. The Morgan fingerprint density at radius 3 is 2.75 bits per heavy atom. The van der Waals surface area contributed by atoms with Crippen LogP contribution in [0, 0.1) is 11.7 Å². The molecular weight excluding hydrogens is 261 g/mol. The lowest BCUT2D eigenvalue weighted by atomic mass is 10.1. The Kier molecular flexibility index (Phi) is 5.12. The summed E-state index contributed by atoms with van der Waals surface area (Å²) in [5.74, 6) is 0.262. The number of amides is 1. The molecule has 0 saturated heterocycles. The second-order valence-corrected chi connectivity index (χ2v) is 4.79. The summed E-state index contributed by atoms with van der Waals surface area (Å²) >= 11 is 0. The highest BCUT2D eigenvalue weighted by Gasteiger charge is 2.19. The Labute approximate surface area is 117 Å². The van der Waals surface area contributed by atoms with Gasteiger partial charge in [0.2, 0.25) is 5.91 Å². The Bertz CT molecular complexity index is 473. The van der Waals surface area contributed by atoms with Gasteiger partial charge in [-0.1, -0.05) is 12.2 Å². The zero-order valence-corrected chi connectivity index (χ0v) is 11.1. The lowest BCUT2D eigenvalue weighted by molar-refractivity contribution is -0.122. The van der Waals surface area contributed by atoms with Gasteiger partial charge in [0.25, 0.3) is 0 Å². The summed E-state index contributed by atoms with van der Waals surface area (Å²) in [6.07, 6.45) is 4.80. The van der Waals surface area contributed by atoms with Crippen LogP contribution < -0.4 is 10.1 Å². The molecule has 0 radical (unpaired) electrons. The van der Waals surface area contributed by atoms with E-state index < -0.39 is 0 Å². The fourth-order valence-electron chi connectivity index (χ4n) is 2.09. The van der Waals surface area contributed by atoms with Crippen LogP contribution in [-0.4, -0.2) is 30.3 Å². The van der Waals surface area contributed by atoms with Crippen molar-refractivity contribution in [2.24, 2.45) is 5.92 Å². The zero-order valence-electron chi connectivity index (χ0n) is 11.1. The summed E-state index contributed by atoms with van der Waals surface area (Å²) in [5, 5.41) is 11.9. The number of rotatable bonds is 6. The molecule has 0 aliphatic heterocycles. The molecule has 1 aromatic carbocycles. The van der Waals surface area contributed by atoms with E-state index in [1.54, 1.807) is 0 Å². The molecule has 1 aliphatic carbocycles. The van der Waals surface area contributed by atoms with Gasteiger partial charge in [0.05, 0.1) is 13.0 Å². The van der Waals surface area contributed by atoms with Crippen molar-refractivity contribution in [2.75, 3.05) is 13.2 Å². The lowest BCUT2D eigenvalue weighted by Crippen LogP contribution is -2.33. The van der Waals surface area contributed by atoms with Crippen LogP contribution in [0.25, 0.3) is 0 Å². The van der Waals surface area contributed by atoms with Gasteiger partial charge in [0.15, 0.2) is 0 Å². The number of nitrogens with one attached hydrogen (secondary N) is 1. The van der Waals surface area contributed by atoms with Gasteiger partial charge in [-0.05, 0) is 30.7 Å². The lowest BCUT2D eigenvalue weighted by Gasteiger charge is -2.13. The molecule has 20 heavy (non-hydrogen) atoms. The molecule has 1 aromatic rings. The van der Waals surface area contributed by atoms with Crippen LogP contribution in [0.3, 0.4) is 0 Å². The summed E-state index contributed by atoms with van der Waals surface area (Å²) in [6.45, 7) is 0.355. The highest BCUT2D eigenvalue weighted by molar-refractivity contribution is 5.76. The fourth-order valence-corrected chi connectivity index (χ4v) is 2.09. The van der Waals surface area contributed by atoms with Gasteiger partial charge in [-0.15, -0.1) is 0 Å². The van der Waals surface area contributed by atoms with Crippen LogP contribution in [0.15, 0.2) is 36.4 Å². The van der Waals surface area contributed by atoms with Gasteiger partial charge in [-0.2, -0.15) is 0 Å². The van der Waals surface area contributed by atoms with Crippen molar-refractivity contribution in [3.63, 3.8) is 0 Å². The van der Waals surface area contributed by atoms with Crippen molar-refractivity contribution in [1.29, 1.82) is 0 Å². The van der Waals surface area contributed by atoms with E-state index in [0.717, 1.165) is 6.42 Å². The Hall–Kier alpha value is -1.88. The average Bonchev–Trinajstić information content (AvgIpc) is 2.88. The fraction of sp³-hybridized carbons (Fsp3) is 0.400. The van der Waals surface area contributed by atoms with Crippen molar-refractivity contribution in [3.8, 4) is 5.75 Å². The number of ether oxygens (including phenoxy) is 1. The van der Waals surface area contributed by atoms with E-state index >= 15 is 0 Å². The van der Waals surface area contributed by atoms with Gasteiger partial charge in [0, 0.05) is 18.6 Å². The topological polar surface area (TPSA) is 58.6 Å². The maximum Gasteiger partial charge on any atom is 0.223 e. The average molecular weight is 279 g/mol. The predicted octanol–water partition coefficient (Wildman–Crippen LogP) is 1.65. The van der Waals surface area contributed by atoms with E-state index in [1.165, 1.54) is 24.3 Å². The minimum atomic E-state index is -0.318. The van der Waals surface area contributed by atoms with Gasteiger partial charge >= 0.3 is 0 Å². The molecule has 0 fully saturated rings. The number of aliphatic hydroxyl groups excluding tert-OH is 1. The molecule has 0 saturated carbocycles. The van der Waals surface area contributed by atoms with Gasteiger partial charge in [-0.3, -0.25) is 4.79 Å². The smallest absolute Gasteiger partial charge is 0.223 e. The van der Waals surface area contributed by atoms with E-state index in [1.807, 2.05) is 12.2 Å². The number of carbonyl (C=O) groups excluding carboxylic acids is 1. The minimum Gasteiger partial charge on any atom is -0.493 e. The molecule has 2 atom stereocenters. The maximum atomic E-state index is 12.7. The van der Waals surface area contributed by atoms with Crippen LogP contribution in [-0.2, 0) is 4.79 Å². The number of carbonyl (C=O) groups is 1. The van der Waals surface area contributed by atoms with Crippen molar-refractivity contribution in [3.05, 3.63) is 42.2 Å². The van der Waals surface area contributed by atoms with Crippen molar-refractivity contribution in [1.82, 2.24) is 5.32 Å². The van der Waals surface area contributed by atoms with Crippen LogP contribution in [0.5, 0.6) is 5.75 Å². The van der Waals surface area contributed by atoms with Gasteiger partial charge < -0.3 is 15.2 Å². The first-order valence-corrected chi connectivity index (χ1v) is 6.64. The Balaban J connectivity index is 1.66. The van der Waals surface area contributed by atoms with E-state index in [9.17, 15) is 9.18 Å².